The van der Waals surface area contributed by atoms with Crippen molar-refractivity contribution in [1.82, 2.24) is 0 Å². The van der Waals surface area contributed by atoms with Gasteiger partial charge in [0, 0.05) is 12.0 Å². The highest BCUT2D eigenvalue weighted by Crippen LogP contribution is 2.26. The minimum absolute atomic E-state index is 0.266. The Kier molecular flexibility index (Phi) is 3.85. The molecule has 100 valence electrons. The van der Waals surface area contributed by atoms with E-state index in [0.717, 1.165) is 0 Å². The molecule has 2 aromatic carbocycles. The first-order chi connectivity index (χ1) is 9.06. The van der Waals surface area contributed by atoms with E-state index in [1.807, 2.05) is 0 Å². The zero-order valence-corrected chi connectivity index (χ0v) is 9.76. The van der Waals surface area contributed by atoms with Crippen LogP contribution in [-0.2, 0) is 13.0 Å². The number of hydrogen-bond acceptors (Lipinski definition) is 1. The molecule has 0 radical (unpaired) electrons. The summed E-state index contributed by atoms with van der Waals surface area (Å²) in [5.74, 6) is -6.03. The highest BCUT2D eigenvalue weighted by atomic mass is 19.2. The van der Waals surface area contributed by atoms with Crippen LogP contribution in [0.1, 0.15) is 16.7 Å². The molecule has 5 heteroatoms. The zero-order chi connectivity index (χ0) is 14.0. The van der Waals surface area contributed by atoms with Crippen molar-refractivity contribution in [1.29, 1.82) is 0 Å². The summed E-state index contributed by atoms with van der Waals surface area (Å²) in [4.78, 5) is 0. The summed E-state index contributed by atoms with van der Waals surface area (Å²) >= 11 is 0. The highest BCUT2D eigenvalue weighted by Gasteiger charge is 2.24. The molecule has 0 amide bonds. The van der Waals surface area contributed by atoms with E-state index in [9.17, 15) is 17.6 Å². The third-order valence-electron chi connectivity index (χ3n) is 2.83. The predicted molar refractivity (Wildman–Crippen MR) is 61.4 cm³/mol. The molecule has 0 bridgehead atoms. The Bertz CT molecular complexity index is 567. The van der Waals surface area contributed by atoms with Gasteiger partial charge in [0.25, 0.3) is 0 Å². The van der Waals surface area contributed by atoms with Crippen LogP contribution in [0.2, 0.25) is 0 Å². The highest BCUT2D eigenvalue weighted by molar-refractivity contribution is 5.33. The number of halogens is 4. The standard InChI is InChI=1S/C14H10F4O/c15-11-9(6-8-4-2-1-3-5-8)12(16)14(18)10(7-19)13(11)17/h1-5,19H,6-7H2. The fourth-order valence-corrected chi connectivity index (χ4v) is 1.82. The van der Waals surface area contributed by atoms with E-state index in [1.54, 1.807) is 30.3 Å². The minimum Gasteiger partial charge on any atom is -0.391 e. The zero-order valence-electron chi connectivity index (χ0n) is 9.76. The molecule has 0 aliphatic rings. The van der Waals surface area contributed by atoms with Gasteiger partial charge >= 0.3 is 0 Å². The Morgan fingerprint density at radius 3 is 1.68 bits per heavy atom. The molecule has 19 heavy (non-hydrogen) atoms. The first-order valence-corrected chi connectivity index (χ1v) is 5.54. The molecule has 0 saturated carbocycles. The van der Waals surface area contributed by atoms with E-state index >= 15 is 0 Å². The Balaban J connectivity index is 2.53. The SMILES string of the molecule is OCc1c(F)c(F)c(Cc2ccccc2)c(F)c1F. The molecule has 1 nitrogen and oxygen atoms in total. The molecule has 0 spiro atoms. The van der Waals surface area contributed by atoms with E-state index < -0.39 is 41.0 Å². The average Bonchev–Trinajstić information content (AvgIpc) is 2.43. The van der Waals surface area contributed by atoms with Gasteiger partial charge in [0.2, 0.25) is 0 Å². The average molecular weight is 270 g/mol. The van der Waals surface area contributed by atoms with Crippen molar-refractivity contribution < 1.29 is 22.7 Å². The van der Waals surface area contributed by atoms with Crippen LogP contribution in [0.15, 0.2) is 30.3 Å². The first kappa shape index (κ1) is 13.5. The molecule has 0 atom stereocenters. The van der Waals surface area contributed by atoms with Gasteiger partial charge in [0.05, 0.1) is 12.2 Å². The summed E-state index contributed by atoms with van der Waals surface area (Å²) in [6.07, 6.45) is -0.266. The Labute approximate surface area is 107 Å². The van der Waals surface area contributed by atoms with Gasteiger partial charge in [-0.15, -0.1) is 0 Å². The predicted octanol–water partition coefficient (Wildman–Crippen LogP) is 3.33. The molecule has 2 rings (SSSR count). The van der Waals surface area contributed by atoms with Crippen LogP contribution in [0.4, 0.5) is 17.6 Å². The van der Waals surface area contributed by atoms with E-state index in [0.29, 0.717) is 5.56 Å². The van der Waals surface area contributed by atoms with E-state index in [2.05, 4.69) is 0 Å². The van der Waals surface area contributed by atoms with Gasteiger partial charge < -0.3 is 5.11 Å². The molecule has 0 heterocycles. The van der Waals surface area contributed by atoms with E-state index in [-0.39, 0.29) is 6.42 Å². The summed E-state index contributed by atoms with van der Waals surface area (Å²) in [5.41, 5.74) is -1.15. The summed E-state index contributed by atoms with van der Waals surface area (Å²) < 4.78 is 54.3. The first-order valence-electron chi connectivity index (χ1n) is 5.54. The van der Waals surface area contributed by atoms with Crippen molar-refractivity contribution in [3.63, 3.8) is 0 Å². The van der Waals surface area contributed by atoms with E-state index in [1.165, 1.54) is 0 Å². The van der Waals surface area contributed by atoms with Crippen LogP contribution in [0.5, 0.6) is 0 Å². The molecule has 0 unspecified atom stereocenters. The van der Waals surface area contributed by atoms with Gasteiger partial charge in [-0.05, 0) is 5.56 Å². The second-order valence-corrected chi connectivity index (χ2v) is 4.03. The quantitative estimate of drug-likeness (QED) is 0.670. The Hall–Kier alpha value is -1.88. The maximum atomic E-state index is 13.7. The lowest BCUT2D eigenvalue weighted by Crippen LogP contribution is -2.09. The topological polar surface area (TPSA) is 20.2 Å². The van der Waals surface area contributed by atoms with Crippen LogP contribution < -0.4 is 0 Å². The lowest BCUT2D eigenvalue weighted by Gasteiger charge is -2.10. The lowest BCUT2D eigenvalue weighted by molar-refractivity contribution is 0.262. The van der Waals surface area contributed by atoms with Crippen molar-refractivity contribution in [2.24, 2.45) is 0 Å². The molecule has 0 aromatic heterocycles. The largest absolute Gasteiger partial charge is 0.391 e. The fraction of sp³-hybridized carbons (Fsp3) is 0.143. The van der Waals surface area contributed by atoms with Gasteiger partial charge in [-0.25, -0.2) is 17.6 Å². The number of aliphatic hydroxyl groups is 1. The molecule has 0 aliphatic carbocycles. The van der Waals surface area contributed by atoms with Gasteiger partial charge in [-0.2, -0.15) is 0 Å². The smallest absolute Gasteiger partial charge is 0.167 e. The van der Waals surface area contributed by atoms with Gasteiger partial charge in [0.15, 0.2) is 23.3 Å². The minimum atomic E-state index is -1.55. The fourth-order valence-electron chi connectivity index (χ4n) is 1.82. The van der Waals surface area contributed by atoms with Crippen LogP contribution in [0, 0.1) is 23.3 Å². The summed E-state index contributed by atoms with van der Waals surface area (Å²) in [5, 5.41) is 8.72. The van der Waals surface area contributed by atoms with Gasteiger partial charge in [0.1, 0.15) is 0 Å². The third-order valence-corrected chi connectivity index (χ3v) is 2.83. The summed E-state index contributed by atoms with van der Waals surface area (Å²) in [6.45, 7) is -1.10. The maximum absolute atomic E-state index is 13.7. The monoisotopic (exact) mass is 270 g/mol. The van der Waals surface area contributed by atoms with Gasteiger partial charge in [-0.3, -0.25) is 0 Å². The molecule has 1 N–H and O–H groups in total. The molecule has 0 fully saturated rings. The molecule has 2 aromatic rings. The lowest BCUT2D eigenvalue weighted by atomic mass is 10.0. The van der Waals surface area contributed by atoms with Crippen molar-refractivity contribution >= 4 is 0 Å². The normalized spacial score (nSPS) is 10.8. The number of hydrogen-bond donors (Lipinski definition) is 1. The molecular weight excluding hydrogens is 260 g/mol. The van der Waals surface area contributed by atoms with Crippen LogP contribution in [0.25, 0.3) is 0 Å². The van der Waals surface area contributed by atoms with Gasteiger partial charge in [-0.1, -0.05) is 30.3 Å². The van der Waals surface area contributed by atoms with Crippen LogP contribution in [0.3, 0.4) is 0 Å². The van der Waals surface area contributed by atoms with E-state index in [4.69, 9.17) is 5.11 Å². The molecule has 0 aliphatic heterocycles. The van der Waals surface area contributed by atoms with Crippen molar-refractivity contribution in [2.45, 2.75) is 13.0 Å². The summed E-state index contributed by atoms with van der Waals surface area (Å²) in [7, 11) is 0. The number of benzene rings is 2. The Morgan fingerprint density at radius 1 is 0.737 bits per heavy atom. The Morgan fingerprint density at radius 2 is 1.21 bits per heavy atom. The second kappa shape index (κ2) is 5.40. The van der Waals surface area contributed by atoms with Crippen molar-refractivity contribution in [2.75, 3.05) is 0 Å². The number of rotatable bonds is 3. The van der Waals surface area contributed by atoms with Crippen molar-refractivity contribution in [3.8, 4) is 0 Å². The number of aliphatic hydroxyl groups excluding tert-OH is 1. The molecule has 0 saturated heterocycles. The molecular formula is C14H10F4O. The summed E-state index contributed by atoms with van der Waals surface area (Å²) in [6, 6.07) is 8.20. The third kappa shape index (κ3) is 2.46. The van der Waals surface area contributed by atoms with Crippen LogP contribution in [-0.4, -0.2) is 5.11 Å². The van der Waals surface area contributed by atoms with Crippen LogP contribution >= 0.6 is 0 Å². The maximum Gasteiger partial charge on any atom is 0.167 e. The van der Waals surface area contributed by atoms with Crippen molar-refractivity contribution in [3.05, 3.63) is 70.3 Å². The second-order valence-electron chi connectivity index (χ2n) is 4.03.